The first-order chi connectivity index (χ1) is 11.2. The molecule has 0 aliphatic rings. The first kappa shape index (κ1) is 15.0. The molecule has 0 aliphatic carbocycles. The topological polar surface area (TPSA) is 64.1 Å². The van der Waals surface area contributed by atoms with Crippen LogP contribution in [-0.4, -0.2) is 22.5 Å². The minimum Gasteiger partial charge on any atom is -0.462 e. The molecule has 0 radical (unpaired) electrons. The van der Waals surface area contributed by atoms with Crippen LogP contribution in [0.4, 0.5) is 11.6 Å². The maximum Gasteiger partial charge on any atom is 0.338 e. The quantitative estimate of drug-likeness (QED) is 0.741. The Kier molecular flexibility index (Phi) is 4.19. The summed E-state index contributed by atoms with van der Waals surface area (Å²) < 4.78 is 5.01. The number of ether oxygens (including phenoxy) is 1. The number of rotatable bonds is 4. The van der Waals surface area contributed by atoms with Crippen molar-refractivity contribution in [2.24, 2.45) is 0 Å². The highest BCUT2D eigenvalue weighted by atomic mass is 16.5. The molecular weight excluding hydrogens is 290 g/mol. The number of para-hydroxylation sites is 1. The Labute approximate surface area is 134 Å². The van der Waals surface area contributed by atoms with Gasteiger partial charge in [0, 0.05) is 17.3 Å². The molecule has 0 amide bonds. The average Bonchev–Trinajstić information content (AvgIpc) is 2.56. The van der Waals surface area contributed by atoms with Gasteiger partial charge in [-0.05, 0) is 37.6 Å². The second kappa shape index (κ2) is 6.44. The summed E-state index contributed by atoms with van der Waals surface area (Å²) in [5, 5.41) is 4.13. The lowest BCUT2D eigenvalue weighted by Gasteiger charge is -2.08. The van der Waals surface area contributed by atoms with E-state index in [4.69, 9.17) is 4.74 Å². The van der Waals surface area contributed by atoms with Crippen molar-refractivity contribution in [1.82, 2.24) is 9.97 Å². The molecule has 1 N–H and O–H groups in total. The van der Waals surface area contributed by atoms with E-state index in [9.17, 15) is 4.79 Å². The van der Waals surface area contributed by atoms with E-state index in [1.807, 2.05) is 31.2 Å². The number of esters is 1. The molecule has 0 aliphatic heterocycles. The van der Waals surface area contributed by atoms with Crippen molar-refractivity contribution in [2.75, 3.05) is 11.9 Å². The molecule has 0 bridgehead atoms. The summed E-state index contributed by atoms with van der Waals surface area (Å²) in [5.74, 6) is 0.152. The van der Waals surface area contributed by atoms with Gasteiger partial charge in [-0.15, -0.1) is 0 Å². The number of hydrogen-bond acceptors (Lipinski definition) is 5. The Morgan fingerprint density at radius 1 is 1.22 bits per heavy atom. The van der Waals surface area contributed by atoms with Crippen molar-refractivity contribution in [1.29, 1.82) is 0 Å². The summed E-state index contributed by atoms with van der Waals surface area (Å²) in [6.07, 6.45) is 1.78. The van der Waals surface area contributed by atoms with E-state index in [1.165, 1.54) is 0 Å². The van der Waals surface area contributed by atoms with Crippen LogP contribution in [0.5, 0.6) is 0 Å². The predicted octanol–water partition coefficient (Wildman–Crippen LogP) is 3.86. The van der Waals surface area contributed by atoms with Gasteiger partial charge in [0.25, 0.3) is 0 Å². The van der Waals surface area contributed by atoms with Gasteiger partial charge < -0.3 is 10.1 Å². The second-order valence-electron chi connectivity index (χ2n) is 5.13. The summed E-state index contributed by atoms with van der Waals surface area (Å²) in [4.78, 5) is 20.6. The summed E-state index contributed by atoms with van der Waals surface area (Å²) >= 11 is 0. The average molecular weight is 307 g/mol. The van der Waals surface area contributed by atoms with Crippen LogP contribution in [0, 0.1) is 6.92 Å². The van der Waals surface area contributed by atoms with Crippen molar-refractivity contribution in [3.8, 4) is 0 Å². The lowest BCUT2D eigenvalue weighted by molar-refractivity contribution is 0.0526. The van der Waals surface area contributed by atoms with Gasteiger partial charge in [-0.1, -0.05) is 24.3 Å². The first-order valence-electron chi connectivity index (χ1n) is 7.44. The minimum atomic E-state index is -0.341. The van der Waals surface area contributed by atoms with Gasteiger partial charge >= 0.3 is 5.97 Å². The fourth-order valence-electron chi connectivity index (χ4n) is 2.33. The summed E-state index contributed by atoms with van der Waals surface area (Å²) in [7, 11) is 0. The number of nitrogens with zero attached hydrogens (tertiary/aromatic N) is 2. The zero-order chi connectivity index (χ0) is 16.2. The summed E-state index contributed by atoms with van der Waals surface area (Å²) in [6.45, 7) is 4.15. The Morgan fingerprint density at radius 3 is 2.87 bits per heavy atom. The van der Waals surface area contributed by atoms with Gasteiger partial charge in [0.2, 0.25) is 5.95 Å². The zero-order valence-corrected chi connectivity index (χ0v) is 13.0. The lowest BCUT2D eigenvalue weighted by Crippen LogP contribution is -2.05. The van der Waals surface area contributed by atoms with Crippen LogP contribution < -0.4 is 5.32 Å². The van der Waals surface area contributed by atoms with Gasteiger partial charge in [-0.2, -0.15) is 0 Å². The van der Waals surface area contributed by atoms with E-state index in [-0.39, 0.29) is 5.97 Å². The fourth-order valence-corrected chi connectivity index (χ4v) is 2.33. The summed E-state index contributed by atoms with van der Waals surface area (Å²) in [5.41, 5.74) is 3.23. The number of anilines is 2. The third kappa shape index (κ3) is 3.29. The molecule has 0 atom stereocenters. The van der Waals surface area contributed by atoms with Crippen LogP contribution in [-0.2, 0) is 4.74 Å². The number of carbonyl (C=O) groups excluding carboxylic acids is 1. The van der Waals surface area contributed by atoms with Crippen LogP contribution >= 0.6 is 0 Å². The molecule has 0 unspecified atom stereocenters. The van der Waals surface area contributed by atoms with Crippen LogP contribution in [0.1, 0.15) is 22.8 Å². The van der Waals surface area contributed by atoms with Gasteiger partial charge in [-0.3, -0.25) is 0 Å². The van der Waals surface area contributed by atoms with E-state index in [0.717, 1.165) is 22.2 Å². The lowest BCUT2D eigenvalue weighted by atomic mass is 10.1. The number of aromatic nitrogens is 2. The SMILES string of the molecule is CCOC(=O)c1cccc(Nc2ncc3cccc(C)c3n2)c1. The van der Waals surface area contributed by atoms with E-state index in [1.54, 1.807) is 31.3 Å². The Balaban J connectivity index is 1.88. The van der Waals surface area contributed by atoms with Crippen molar-refractivity contribution >= 4 is 28.5 Å². The number of benzene rings is 2. The highest BCUT2D eigenvalue weighted by molar-refractivity contribution is 5.90. The smallest absolute Gasteiger partial charge is 0.338 e. The van der Waals surface area contributed by atoms with Crippen LogP contribution in [0.3, 0.4) is 0 Å². The number of nitrogens with one attached hydrogen (secondary N) is 1. The van der Waals surface area contributed by atoms with Crippen molar-refractivity contribution < 1.29 is 9.53 Å². The predicted molar refractivity (Wildman–Crippen MR) is 90.0 cm³/mol. The van der Waals surface area contributed by atoms with Crippen molar-refractivity contribution in [3.63, 3.8) is 0 Å². The number of fused-ring (bicyclic) bond motifs is 1. The van der Waals surface area contributed by atoms with E-state index in [0.29, 0.717) is 18.1 Å². The molecule has 3 rings (SSSR count). The summed E-state index contributed by atoms with van der Waals surface area (Å²) in [6, 6.07) is 13.1. The second-order valence-corrected chi connectivity index (χ2v) is 5.13. The molecule has 23 heavy (non-hydrogen) atoms. The zero-order valence-electron chi connectivity index (χ0n) is 13.0. The van der Waals surface area contributed by atoms with Crippen LogP contribution in [0.25, 0.3) is 10.9 Å². The molecule has 2 aromatic carbocycles. The van der Waals surface area contributed by atoms with Crippen molar-refractivity contribution in [3.05, 3.63) is 59.8 Å². The van der Waals surface area contributed by atoms with E-state index in [2.05, 4.69) is 15.3 Å². The number of hydrogen-bond donors (Lipinski definition) is 1. The molecule has 3 aromatic rings. The maximum absolute atomic E-state index is 11.8. The van der Waals surface area contributed by atoms with Gasteiger partial charge in [0.1, 0.15) is 0 Å². The third-order valence-electron chi connectivity index (χ3n) is 3.44. The highest BCUT2D eigenvalue weighted by Gasteiger charge is 2.08. The molecule has 1 aromatic heterocycles. The maximum atomic E-state index is 11.8. The van der Waals surface area contributed by atoms with E-state index < -0.39 is 0 Å². The normalized spacial score (nSPS) is 10.5. The molecule has 1 heterocycles. The van der Waals surface area contributed by atoms with Gasteiger partial charge in [-0.25, -0.2) is 14.8 Å². The standard InChI is InChI=1S/C18H17N3O2/c1-3-23-17(22)13-7-5-9-15(10-13)20-18-19-11-14-8-4-6-12(2)16(14)21-18/h4-11H,3H2,1-2H3,(H,19,20,21). The van der Waals surface area contributed by atoms with Crippen molar-refractivity contribution in [2.45, 2.75) is 13.8 Å². The molecule has 0 saturated heterocycles. The van der Waals surface area contributed by atoms with Gasteiger partial charge in [0.15, 0.2) is 0 Å². The molecule has 0 spiro atoms. The van der Waals surface area contributed by atoms with E-state index >= 15 is 0 Å². The Morgan fingerprint density at radius 2 is 2.04 bits per heavy atom. The number of aryl methyl sites for hydroxylation is 1. The fraction of sp³-hybridized carbons (Fsp3) is 0.167. The van der Waals surface area contributed by atoms with Gasteiger partial charge in [0.05, 0.1) is 17.7 Å². The molecular formula is C18H17N3O2. The number of carbonyl (C=O) groups is 1. The van der Waals surface area contributed by atoms with Crippen LogP contribution in [0.15, 0.2) is 48.7 Å². The largest absolute Gasteiger partial charge is 0.462 e. The van der Waals surface area contributed by atoms with Crippen LogP contribution in [0.2, 0.25) is 0 Å². The molecule has 0 saturated carbocycles. The minimum absolute atomic E-state index is 0.341. The Bertz CT molecular complexity index is 862. The molecule has 116 valence electrons. The third-order valence-corrected chi connectivity index (χ3v) is 3.44. The molecule has 0 fully saturated rings. The first-order valence-corrected chi connectivity index (χ1v) is 7.44. The highest BCUT2D eigenvalue weighted by Crippen LogP contribution is 2.20. The monoisotopic (exact) mass is 307 g/mol. The molecule has 5 heteroatoms. The molecule has 5 nitrogen and oxygen atoms in total. The Hall–Kier alpha value is -2.95.